The van der Waals surface area contributed by atoms with E-state index in [9.17, 15) is 15.0 Å². The first-order chi connectivity index (χ1) is 16.0. The zero-order valence-electron chi connectivity index (χ0n) is 18.7. The van der Waals surface area contributed by atoms with E-state index in [2.05, 4.69) is 5.32 Å². The maximum atomic E-state index is 12.2. The first-order valence-corrected chi connectivity index (χ1v) is 11.2. The third-order valence-corrected chi connectivity index (χ3v) is 5.97. The fourth-order valence-electron chi connectivity index (χ4n) is 4.41. The monoisotopic (exact) mass is 446 g/mol. The number of benzene rings is 3. The van der Waals surface area contributed by atoms with E-state index in [1.54, 1.807) is 6.92 Å². The number of aliphatic hydroxyl groups excluding tert-OH is 2. The highest BCUT2D eigenvalue weighted by atomic mass is 16.5. The van der Waals surface area contributed by atoms with Crippen LogP contribution < -0.4 is 5.32 Å². The molecular formula is C27H30N2O4. The number of β-amino-alcohol motifs (C(OH)–C–C–N with tert-alkyl or cyclic N) is 1. The summed E-state index contributed by atoms with van der Waals surface area (Å²) in [7, 11) is 0. The van der Waals surface area contributed by atoms with Crippen molar-refractivity contribution in [1.29, 1.82) is 0 Å². The molecule has 1 heterocycles. The van der Waals surface area contributed by atoms with Crippen molar-refractivity contribution in [1.82, 2.24) is 10.2 Å². The van der Waals surface area contributed by atoms with Crippen LogP contribution in [0.1, 0.15) is 23.6 Å². The molecule has 1 aliphatic heterocycles. The van der Waals surface area contributed by atoms with Crippen molar-refractivity contribution in [2.24, 2.45) is 0 Å². The molecule has 33 heavy (non-hydrogen) atoms. The summed E-state index contributed by atoms with van der Waals surface area (Å²) in [5.74, 6) is 0. The van der Waals surface area contributed by atoms with Gasteiger partial charge in [-0.05, 0) is 23.6 Å². The van der Waals surface area contributed by atoms with Crippen LogP contribution in [0.15, 0.2) is 91.0 Å². The van der Waals surface area contributed by atoms with Crippen molar-refractivity contribution < 1.29 is 19.7 Å². The lowest BCUT2D eigenvalue weighted by Gasteiger charge is -2.37. The number of nitrogens with zero attached hydrogens (tertiary/aromatic N) is 1. The van der Waals surface area contributed by atoms with E-state index in [4.69, 9.17) is 4.74 Å². The van der Waals surface area contributed by atoms with Crippen LogP contribution in [-0.4, -0.2) is 59.1 Å². The number of carbonyl (C=O) groups is 1. The average molecular weight is 447 g/mol. The third-order valence-electron chi connectivity index (χ3n) is 5.97. The molecule has 2 amide bonds. The zero-order valence-corrected chi connectivity index (χ0v) is 18.7. The van der Waals surface area contributed by atoms with Gasteiger partial charge in [-0.15, -0.1) is 0 Å². The highest BCUT2D eigenvalue weighted by Gasteiger charge is 2.40. The minimum Gasteiger partial charge on any atom is -0.392 e. The largest absolute Gasteiger partial charge is 0.392 e. The number of ether oxygens (including phenoxy) is 1. The van der Waals surface area contributed by atoms with E-state index in [0.717, 1.165) is 16.7 Å². The van der Waals surface area contributed by atoms with Crippen LogP contribution in [0.5, 0.6) is 0 Å². The van der Waals surface area contributed by atoms with Crippen LogP contribution in [0.25, 0.3) is 0 Å². The summed E-state index contributed by atoms with van der Waals surface area (Å²) in [5.41, 5.74) is 1.90. The van der Waals surface area contributed by atoms with Gasteiger partial charge in [0, 0.05) is 13.1 Å². The molecule has 6 heteroatoms. The Labute approximate surface area is 194 Å². The molecule has 0 spiro atoms. The van der Waals surface area contributed by atoms with Crippen molar-refractivity contribution in [3.05, 3.63) is 108 Å². The molecule has 1 saturated heterocycles. The van der Waals surface area contributed by atoms with Crippen LogP contribution in [0, 0.1) is 0 Å². The Morgan fingerprint density at radius 1 is 0.909 bits per heavy atom. The quantitative estimate of drug-likeness (QED) is 0.441. The van der Waals surface area contributed by atoms with Gasteiger partial charge in [0.05, 0.1) is 24.9 Å². The second kappa shape index (κ2) is 10.2. The van der Waals surface area contributed by atoms with E-state index in [-0.39, 0.29) is 19.2 Å². The normalized spacial score (nSPS) is 18.1. The number of aliphatic hydroxyl groups is 2. The summed E-state index contributed by atoms with van der Waals surface area (Å²) < 4.78 is 6.64. The standard InChI is InChI=1S/C27H30N2O4/c1-20(30)17-29-18-24(28-26(29)32)25(31)19-33-27(21-11-5-2-6-12-21,22-13-7-3-8-14-22)23-15-9-4-10-16-23/h2-16,20,24-25,30-31H,17-19H2,1H3,(H,28,32)/t20?,24-,25-/m0/s1. The first kappa shape index (κ1) is 23.0. The third kappa shape index (κ3) is 4.93. The molecule has 0 aliphatic carbocycles. The van der Waals surface area contributed by atoms with Crippen LogP contribution in [0.3, 0.4) is 0 Å². The fraction of sp³-hybridized carbons (Fsp3) is 0.296. The summed E-state index contributed by atoms with van der Waals surface area (Å²) in [6.07, 6.45) is -1.56. The van der Waals surface area contributed by atoms with E-state index in [1.807, 2.05) is 91.0 Å². The van der Waals surface area contributed by atoms with Gasteiger partial charge in [0.2, 0.25) is 0 Å². The molecule has 3 atom stereocenters. The maximum Gasteiger partial charge on any atom is 0.317 e. The molecule has 6 nitrogen and oxygen atoms in total. The van der Waals surface area contributed by atoms with Gasteiger partial charge in [0.1, 0.15) is 5.60 Å². The van der Waals surface area contributed by atoms with Gasteiger partial charge in [0.25, 0.3) is 0 Å². The molecule has 1 unspecified atom stereocenters. The molecule has 172 valence electrons. The number of hydrogen-bond acceptors (Lipinski definition) is 4. The Bertz CT molecular complexity index is 931. The van der Waals surface area contributed by atoms with E-state index in [0.29, 0.717) is 6.54 Å². The van der Waals surface area contributed by atoms with E-state index in [1.165, 1.54) is 4.90 Å². The van der Waals surface area contributed by atoms with Crippen molar-refractivity contribution in [3.8, 4) is 0 Å². The number of urea groups is 1. The van der Waals surface area contributed by atoms with Crippen molar-refractivity contribution in [3.63, 3.8) is 0 Å². The smallest absolute Gasteiger partial charge is 0.317 e. The van der Waals surface area contributed by atoms with Gasteiger partial charge in [-0.1, -0.05) is 91.0 Å². The minimum absolute atomic E-state index is 0.00610. The lowest BCUT2D eigenvalue weighted by molar-refractivity contribution is -0.0461. The summed E-state index contributed by atoms with van der Waals surface area (Å²) >= 11 is 0. The predicted molar refractivity (Wildman–Crippen MR) is 127 cm³/mol. The fourth-order valence-corrected chi connectivity index (χ4v) is 4.41. The molecule has 3 aromatic rings. The van der Waals surface area contributed by atoms with Crippen LogP contribution in [0.4, 0.5) is 4.79 Å². The predicted octanol–water partition coefficient (Wildman–Crippen LogP) is 3.13. The first-order valence-electron chi connectivity index (χ1n) is 11.2. The number of carbonyl (C=O) groups excluding carboxylic acids is 1. The second-order valence-electron chi connectivity index (χ2n) is 8.47. The highest BCUT2D eigenvalue weighted by molar-refractivity contribution is 5.77. The van der Waals surface area contributed by atoms with Crippen LogP contribution in [-0.2, 0) is 10.3 Å². The van der Waals surface area contributed by atoms with Crippen molar-refractivity contribution in [2.75, 3.05) is 19.7 Å². The molecule has 1 aliphatic rings. The van der Waals surface area contributed by atoms with Crippen molar-refractivity contribution >= 4 is 6.03 Å². The van der Waals surface area contributed by atoms with Crippen LogP contribution in [0.2, 0.25) is 0 Å². The lowest BCUT2D eigenvalue weighted by Crippen LogP contribution is -2.44. The topological polar surface area (TPSA) is 82.0 Å². The molecular weight excluding hydrogens is 416 g/mol. The van der Waals surface area contributed by atoms with E-state index >= 15 is 0 Å². The van der Waals surface area contributed by atoms with Gasteiger partial charge in [-0.2, -0.15) is 0 Å². The molecule has 3 aromatic carbocycles. The molecule has 0 saturated carbocycles. The number of rotatable bonds is 9. The van der Waals surface area contributed by atoms with Crippen LogP contribution >= 0.6 is 0 Å². The van der Waals surface area contributed by atoms with Gasteiger partial charge >= 0.3 is 6.03 Å². The SMILES string of the molecule is CC(O)CN1C[C@@H]([C@@H](O)COC(c2ccccc2)(c2ccccc2)c2ccccc2)NC1=O. The molecule has 0 aromatic heterocycles. The maximum absolute atomic E-state index is 12.2. The number of nitrogens with one attached hydrogen (secondary N) is 1. The Morgan fingerprint density at radius 3 is 1.79 bits per heavy atom. The molecule has 0 bridgehead atoms. The second-order valence-corrected chi connectivity index (χ2v) is 8.47. The Hall–Kier alpha value is -3.19. The number of amides is 2. The summed E-state index contributed by atoms with van der Waals surface area (Å²) in [4.78, 5) is 13.8. The van der Waals surface area contributed by atoms with E-state index < -0.39 is 23.9 Å². The summed E-state index contributed by atoms with van der Waals surface area (Å²) in [5, 5.41) is 23.4. The zero-order chi connectivity index (χ0) is 23.3. The molecule has 4 rings (SSSR count). The summed E-state index contributed by atoms with van der Waals surface area (Å²) in [6.45, 7) is 2.17. The molecule has 1 fully saturated rings. The Balaban J connectivity index is 1.66. The molecule has 0 radical (unpaired) electrons. The highest BCUT2D eigenvalue weighted by Crippen LogP contribution is 2.40. The Morgan fingerprint density at radius 2 is 1.36 bits per heavy atom. The van der Waals surface area contributed by atoms with Gasteiger partial charge in [-0.3, -0.25) is 0 Å². The molecule has 3 N–H and O–H groups in total. The van der Waals surface area contributed by atoms with Crippen molar-refractivity contribution in [2.45, 2.75) is 30.8 Å². The van der Waals surface area contributed by atoms with Gasteiger partial charge < -0.3 is 25.2 Å². The Kier molecular flexibility index (Phi) is 7.08. The number of hydrogen-bond donors (Lipinski definition) is 3. The average Bonchev–Trinajstić information content (AvgIpc) is 3.21. The summed E-state index contributed by atoms with van der Waals surface area (Å²) in [6, 6.07) is 29.1. The minimum atomic E-state index is -0.938. The lowest BCUT2D eigenvalue weighted by atomic mass is 9.80. The van der Waals surface area contributed by atoms with Gasteiger partial charge in [-0.25, -0.2) is 4.79 Å². The van der Waals surface area contributed by atoms with Gasteiger partial charge in [0.15, 0.2) is 0 Å².